The van der Waals surface area contributed by atoms with Crippen LogP contribution in [0.25, 0.3) is 66.7 Å². The van der Waals surface area contributed by atoms with E-state index in [9.17, 15) is 0 Å². The normalized spacial score (nSPS) is 11.4. The zero-order chi connectivity index (χ0) is 31.2. The van der Waals surface area contributed by atoms with Crippen molar-refractivity contribution in [2.75, 3.05) is 4.90 Å². The average molecular weight is 605 g/mol. The average Bonchev–Trinajstić information content (AvgIpc) is 3.75. The first-order chi connectivity index (χ1) is 23.3. The number of aromatic nitrogens is 1. The van der Waals surface area contributed by atoms with E-state index in [1.54, 1.807) is 0 Å². The van der Waals surface area contributed by atoms with Gasteiger partial charge in [-0.15, -0.1) is 0 Å². The fourth-order valence-corrected chi connectivity index (χ4v) is 6.42. The van der Waals surface area contributed by atoms with Crippen LogP contribution in [0.3, 0.4) is 0 Å². The van der Waals surface area contributed by atoms with Crippen molar-refractivity contribution in [1.29, 1.82) is 0 Å². The second-order valence-corrected chi connectivity index (χ2v) is 11.6. The lowest BCUT2D eigenvalue weighted by molar-refractivity contribution is 0.619. The van der Waals surface area contributed by atoms with Gasteiger partial charge in [0, 0.05) is 28.0 Å². The summed E-state index contributed by atoms with van der Waals surface area (Å²) in [5.74, 6) is 0.594. The van der Waals surface area contributed by atoms with Crippen LogP contribution in [-0.2, 0) is 0 Å². The molecular formula is C43H28N2O2. The third-order valence-electron chi connectivity index (χ3n) is 8.70. The first kappa shape index (κ1) is 27.0. The van der Waals surface area contributed by atoms with Gasteiger partial charge in [-0.1, -0.05) is 103 Å². The van der Waals surface area contributed by atoms with Crippen molar-refractivity contribution in [3.8, 4) is 33.7 Å². The summed E-state index contributed by atoms with van der Waals surface area (Å²) in [6, 6.07) is 58.7. The fraction of sp³-hybridized carbons (Fsp3) is 0. The van der Waals surface area contributed by atoms with Crippen LogP contribution < -0.4 is 4.90 Å². The summed E-state index contributed by atoms with van der Waals surface area (Å²) in [5, 5.41) is 1.93. The number of hydrogen-bond acceptors (Lipinski definition) is 4. The Bertz CT molecular complexity index is 2500. The van der Waals surface area contributed by atoms with Crippen molar-refractivity contribution < 1.29 is 8.83 Å². The Kier molecular flexibility index (Phi) is 6.43. The number of rotatable bonds is 6. The van der Waals surface area contributed by atoms with Crippen LogP contribution in [0.2, 0.25) is 0 Å². The molecule has 2 aromatic heterocycles. The summed E-state index contributed by atoms with van der Waals surface area (Å²) in [5.41, 5.74) is 11.9. The molecule has 7 aromatic carbocycles. The fourth-order valence-electron chi connectivity index (χ4n) is 6.42. The summed E-state index contributed by atoms with van der Waals surface area (Å²) in [6.45, 7) is 0. The standard InChI is InChI=1S/C43H28N2O2/c1-4-11-29(12-5-1)31-19-21-34(22-20-31)45(35-18-10-17-33(27-35)30-13-6-2-7-14-30)36-23-24-38-37(28-36)41-39(46-38)25-26-40-42(41)44-43(47-40)32-15-8-3-9-16-32/h1-28H. The maximum absolute atomic E-state index is 6.36. The molecule has 0 aliphatic rings. The van der Waals surface area contributed by atoms with Crippen molar-refractivity contribution in [2.45, 2.75) is 0 Å². The number of furan rings is 1. The van der Waals surface area contributed by atoms with E-state index in [4.69, 9.17) is 13.8 Å². The summed E-state index contributed by atoms with van der Waals surface area (Å²) in [4.78, 5) is 7.27. The highest BCUT2D eigenvalue weighted by Gasteiger charge is 2.20. The van der Waals surface area contributed by atoms with Crippen molar-refractivity contribution >= 4 is 50.1 Å². The molecule has 0 aliphatic heterocycles. The summed E-state index contributed by atoms with van der Waals surface area (Å²) in [6.07, 6.45) is 0. The Morgan fingerprint density at radius 3 is 1.66 bits per heavy atom. The first-order valence-electron chi connectivity index (χ1n) is 15.7. The largest absolute Gasteiger partial charge is 0.456 e. The monoisotopic (exact) mass is 604 g/mol. The van der Waals surface area contributed by atoms with Crippen LogP contribution in [0.5, 0.6) is 0 Å². The summed E-state index contributed by atoms with van der Waals surface area (Å²) < 4.78 is 12.6. The van der Waals surface area contributed by atoms with Crippen LogP contribution in [0, 0.1) is 0 Å². The van der Waals surface area contributed by atoms with E-state index in [2.05, 4.69) is 120 Å². The summed E-state index contributed by atoms with van der Waals surface area (Å²) in [7, 11) is 0. The molecule has 9 rings (SSSR count). The Morgan fingerprint density at radius 2 is 0.936 bits per heavy atom. The quantitative estimate of drug-likeness (QED) is 0.189. The molecule has 0 N–H and O–H groups in total. The van der Waals surface area contributed by atoms with E-state index < -0.39 is 0 Å². The molecule has 4 heteroatoms. The van der Waals surface area contributed by atoms with E-state index in [1.807, 2.05) is 54.6 Å². The van der Waals surface area contributed by atoms with E-state index in [0.717, 1.165) is 61.2 Å². The minimum Gasteiger partial charge on any atom is -0.456 e. The molecule has 0 amide bonds. The molecule has 2 heterocycles. The predicted molar refractivity (Wildman–Crippen MR) is 192 cm³/mol. The molecule has 0 aliphatic carbocycles. The van der Waals surface area contributed by atoms with Crippen LogP contribution in [0.15, 0.2) is 179 Å². The molecule has 222 valence electrons. The van der Waals surface area contributed by atoms with Crippen LogP contribution in [0.1, 0.15) is 0 Å². The number of oxazole rings is 1. The highest BCUT2D eigenvalue weighted by molar-refractivity contribution is 6.17. The maximum atomic E-state index is 6.36. The highest BCUT2D eigenvalue weighted by atomic mass is 16.4. The van der Waals surface area contributed by atoms with Crippen LogP contribution >= 0.6 is 0 Å². The van der Waals surface area contributed by atoms with E-state index in [-0.39, 0.29) is 0 Å². The van der Waals surface area contributed by atoms with Crippen molar-refractivity contribution in [1.82, 2.24) is 4.98 Å². The molecule has 4 nitrogen and oxygen atoms in total. The molecular weight excluding hydrogens is 576 g/mol. The second-order valence-electron chi connectivity index (χ2n) is 11.6. The molecule has 0 spiro atoms. The predicted octanol–water partition coefficient (Wildman–Crippen LogP) is 12.2. The maximum Gasteiger partial charge on any atom is 0.227 e. The van der Waals surface area contributed by atoms with Crippen molar-refractivity contribution in [2.24, 2.45) is 0 Å². The Morgan fingerprint density at radius 1 is 0.383 bits per heavy atom. The van der Waals surface area contributed by atoms with Gasteiger partial charge < -0.3 is 13.7 Å². The third kappa shape index (κ3) is 4.84. The number of anilines is 3. The lowest BCUT2D eigenvalue weighted by Crippen LogP contribution is -2.10. The number of benzene rings is 7. The highest BCUT2D eigenvalue weighted by Crippen LogP contribution is 2.42. The van der Waals surface area contributed by atoms with Gasteiger partial charge in [-0.2, -0.15) is 0 Å². The molecule has 9 aromatic rings. The zero-order valence-electron chi connectivity index (χ0n) is 25.4. The Balaban J connectivity index is 1.22. The van der Waals surface area contributed by atoms with Gasteiger partial charge in [0.15, 0.2) is 5.58 Å². The van der Waals surface area contributed by atoms with Crippen LogP contribution in [-0.4, -0.2) is 4.98 Å². The smallest absolute Gasteiger partial charge is 0.227 e. The van der Waals surface area contributed by atoms with E-state index in [0.29, 0.717) is 5.89 Å². The minimum absolute atomic E-state index is 0.594. The molecule has 0 fully saturated rings. The van der Waals surface area contributed by atoms with Gasteiger partial charge in [0.1, 0.15) is 16.7 Å². The SMILES string of the molecule is c1ccc(-c2ccc(N(c3cccc(-c4ccccc4)c3)c3ccc4oc5ccc6oc(-c7ccccc7)nc6c5c4c3)cc2)cc1. The Labute approximate surface area is 271 Å². The van der Waals surface area contributed by atoms with Gasteiger partial charge in [0.05, 0.1) is 5.39 Å². The Hall–Kier alpha value is -6.39. The molecule has 0 unspecified atom stereocenters. The zero-order valence-corrected chi connectivity index (χ0v) is 25.4. The minimum atomic E-state index is 0.594. The number of hydrogen-bond donors (Lipinski definition) is 0. The van der Waals surface area contributed by atoms with E-state index >= 15 is 0 Å². The lowest BCUT2D eigenvalue weighted by atomic mass is 10.0. The second kappa shape index (κ2) is 11.2. The molecule has 0 radical (unpaired) electrons. The molecule has 0 atom stereocenters. The third-order valence-corrected chi connectivity index (χ3v) is 8.70. The molecule has 0 saturated heterocycles. The van der Waals surface area contributed by atoms with Gasteiger partial charge in [0.25, 0.3) is 0 Å². The van der Waals surface area contributed by atoms with Gasteiger partial charge >= 0.3 is 0 Å². The van der Waals surface area contributed by atoms with E-state index in [1.165, 1.54) is 16.7 Å². The van der Waals surface area contributed by atoms with Crippen molar-refractivity contribution in [3.63, 3.8) is 0 Å². The van der Waals surface area contributed by atoms with Gasteiger partial charge in [-0.25, -0.2) is 4.98 Å². The van der Waals surface area contributed by atoms with Gasteiger partial charge in [-0.3, -0.25) is 0 Å². The number of nitrogens with zero attached hydrogens (tertiary/aromatic N) is 2. The topological polar surface area (TPSA) is 42.4 Å². The first-order valence-corrected chi connectivity index (χ1v) is 15.7. The molecule has 47 heavy (non-hydrogen) atoms. The van der Waals surface area contributed by atoms with Gasteiger partial charge in [-0.05, 0) is 89.0 Å². The van der Waals surface area contributed by atoms with Crippen molar-refractivity contribution in [3.05, 3.63) is 170 Å². The lowest BCUT2D eigenvalue weighted by Gasteiger charge is -2.26. The molecule has 0 bridgehead atoms. The van der Waals surface area contributed by atoms with Gasteiger partial charge in [0.2, 0.25) is 5.89 Å². The summed E-state index contributed by atoms with van der Waals surface area (Å²) >= 11 is 0. The molecule has 0 saturated carbocycles. The number of fused-ring (bicyclic) bond motifs is 5. The van der Waals surface area contributed by atoms with Crippen LogP contribution in [0.4, 0.5) is 17.1 Å².